The highest BCUT2D eigenvalue weighted by Gasteiger charge is 2.57. The number of amides is 2. The van der Waals surface area contributed by atoms with Crippen LogP contribution in [-0.2, 0) is 21.7 Å². The van der Waals surface area contributed by atoms with Crippen molar-refractivity contribution in [2.24, 2.45) is 5.92 Å². The number of aryl methyl sites for hydroxylation is 1. The molecule has 1 fully saturated rings. The number of urea groups is 1. The number of sulfone groups is 1. The topological polar surface area (TPSA) is 66.5 Å². The van der Waals surface area contributed by atoms with E-state index in [1.54, 1.807) is 7.05 Å². The summed E-state index contributed by atoms with van der Waals surface area (Å²) in [7, 11) is -1.41. The van der Waals surface area contributed by atoms with Crippen molar-refractivity contribution >= 4 is 15.9 Å². The van der Waals surface area contributed by atoms with Crippen LogP contribution in [0.3, 0.4) is 0 Å². The van der Waals surface area contributed by atoms with Crippen LogP contribution in [0.25, 0.3) is 0 Å². The minimum absolute atomic E-state index is 0.00232. The number of carbonyl (C=O) groups excluding carboxylic acids is 1. The van der Waals surface area contributed by atoms with Crippen LogP contribution < -0.4 is 5.32 Å². The Hall–Kier alpha value is -1.56. The summed E-state index contributed by atoms with van der Waals surface area (Å²) in [6, 6.07) is 8.42. The molecule has 1 aromatic carbocycles. The summed E-state index contributed by atoms with van der Waals surface area (Å²) in [5.41, 5.74) is 3.19. The molecule has 0 aliphatic heterocycles. The molecule has 2 aliphatic rings. The first kappa shape index (κ1) is 16.3. The van der Waals surface area contributed by atoms with Gasteiger partial charge in [-0.05, 0) is 36.3 Å². The quantitative estimate of drug-likeness (QED) is 0.888. The zero-order valence-electron chi connectivity index (χ0n) is 13.7. The van der Waals surface area contributed by atoms with E-state index >= 15 is 0 Å². The molecule has 0 bridgehead atoms. The molecule has 1 aromatic rings. The van der Waals surface area contributed by atoms with E-state index in [1.165, 1.54) is 28.7 Å². The first-order valence-electron chi connectivity index (χ1n) is 8.07. The van der Waals surface area contributed by atoms with Crippen molar-refractivity contribution < 1.29 is 13.2 Å². The molecule has 0 radical (unpaired) electrons. The number of hydrogen-bond acceptors (Lipinski definition) is 3. The minimum atomic E-state index is -3.04. The second-order valence-electron chi connectivity index (χ2n) is 6.95. The molecule has 0 heterocycles. The van der Waals surface area contributed by atoms with Crippen LogP contribution in [0.4, 0.5) is 4.79 Å². The van der Waals surface area contributed by atoms with Gasteiger partial charge < -0.3 is 10.2 Å². The van der Waals surface area contributed by atoms with Gasteiger partial charge >= 0.3 is 6.03 Å². The molecule has 5 nitrogen and oxygen atoms in total. The molecule has 3 rings (SSSR count). The van der Waals surface area contributed by atoms with Gasteiger partial charge in [0, 0.05) is 31.8 Å². The van der Waals surface area contributed by atoms with Gasteiger partial charge in [-0.25, -0.2) is 13.2 Å². The maximum atomic E-state index is 12.1. The Morgan fingerprint density at radius 1 is 1.39 bits per heavy atom. The summed E-state index contributed by atoms with van der Waals surface area (Å²) in [5.74, 6) is 0.496. The zero-order chi connectivity index (χ0) is 16.7. The molecular weight excluding hydrogens is 312 g/mol. The van der Waals surface area contributed by atoms with Crippen molar-refractivity contribution in [1.29, 1.82) is 0 Å². The highest BCUT2D eigenvalue weighted by Crippen LogP contribution is 2.61. The molecule has 1 spiro atoms. The Kier molecular flexibility index (Phi) is 4.12. The number of nitrogens with one attached hydrogen (secondary N) is 1. The molecule has 1 saturated carbocycles. The highest BCUT2D eigenvalue weighted by molar-refractivity contribution is 7.90. The van der Waals surface area contributed by atoms with E-state index in [-0.39, 0.29) is 23.7 Å². The molecule has 6 heteroatoms. The van der Waals surface area contributed by atoms with Crippen molar-refractivity contribution in [3.05, 3.63) is 35.4 Å². The van der Waals surface area contributed by atoms with Gasteiger partial charge in [-0.1, -0.05) is 24.3 Å². The third-order valence-electron chi connectivity index (χ3n) is 5.27. The van der Waals surface area contributed by atoms with Gasteiger partial charge in [0.05, 0.1) is 5.75 Å². The lowest BCUT2D eigenvalue weighted by Gasteiger charge is -2.18. The second kappa shape index (κ2) is 5.82. The normalized spacial score (nSPS) is 25.2. The summed E-state index contributed by atoms with van der Waals surface area (Å²) < 4.78 is 22.3. The van der Waals surface area contributed by atoms with Crippen molar-refractivity contribution in [1.82, 2.24) is 10.2 Å². The van der Waals surface area contributed by atoms with Gasteiger partial charge in [0.25, 0.3) is 0 Å². The smallest absolute Gasteiger partial charge is 0.317 e. The first-order chi connectivity index (χ1) is 10.8. The SMILES string of the molecule is CN(CCS(C)(=O)=O)C(=O)NC[C@@H]1C[C@]12CCc1ccccc12. The Morgan fingerprint density at radius 3 is 2.87 bits per heavy atom. The zero-order valence-corrected chi connectivity index (χ0v) is 14.5. The number of fused-ring (bicyclic) bond motifs is 2. The predicted molar refractivity (Wildman–Crippen MR) is 90.3 cm³/mol. The number of hydrogen-bond donors (Lipinski definition) is 1. The van der Waals surface area contributed by atoms with Crippen LogP contribution in [0.5, 0.6) is 0 Å². The molecule has 23 heavy (non-hydrogen) atoms. The van der Waals surface area contributed by atoms with Crippen molar-refractivity contribution in [3.8, 4) is 0 Å². The Labute approximate surface area is 138 Å². The fourth-order valence-electron chi connectivity index (χ4n) is 3.75. The van der Waals surface area contributed by atoms with Gasteiger partial charge in [0.1, 0.15) is 9.84 Å². The van der Waals surface area contributed by atoms with E-state index in [0.29, 0.717) is 12.5 Å². The van der Waals surface area contributed by atoms with Crippen molar-refractivity contribution in [2.45, 2.75) is 24.7 Å². The van der Waals surface area contributed by atoms with E-state index < -0.39 is 9.84 Å². The van der Waals surface area contributed by atoms with Crippen LogP contribution in [-0.4, -0.2) is 51.5 Å². The van der Waals surface area contributed by atoms with E-state index in [9.17, 15) is 13.2 Å². The maximum Gasteiger partial charge on any atom is 0.317 e. The average molecular weight is 336 g/mol. The molecule has 126 valence electrons. The standard InChI is InChI=1S/C17H24N2O3S/c1-19(9-10-23(2,21)22)16(20)18-12-14-11-17(14)8-7-13-5-3-4-6-15(13)17/h3-6,14H,7-12H2,1-2H3,(H,18,20)/t14-,17+/m0/s1. The third-order valence-corrected chi connectivity index (χ3v) is 6.19. The second-order valence-corrected chi connectivity index (χ2v) is 9.21. The largest absolute Gasteiger partial charge is 0.338 e. The Morgan fingerprint density at radius 2 is 2.13 bits per heavy atom. The van der Waals surface area contributed by atoms with E-state index in [1.807, 2.05) is 0 Å². The summed E-state index contributed by atoms with van der Waals surface area (Å²) in [4.78, 5) is 13.5. The molecule has 2 aliphatic carbocycles. The number of rotatable bonds is 5. The lowest BCUT2D eigenvalue weighted by Crippen LogP contribution is -2.40. The van der Waals surface area contributed by atoms with Crippen LogP contribution in [0, 0.1) is 5.92 Å². The van der Waals surface area contributed by atoms with Crippen LogP contribution in [0.15, 0.2) is 24.3 Å². The molecule has 2 amide bonds. The highest BCUT2D eigenvalue weighted by atomic mass is 32.2. The number of carbonyl (C=O) groups is 1. The fourth-order valence-corrected chi connectivity index (χ4v) is 4.36. The maximum absolute atomic E-state index is 12.1. The molecule has 0 unspecified atom stereocenters. The summed E-state index contributed by atoms with van der Waals surface area (Å²) >= 11 is 0. The number of benzene rings is 1. The Bertz CT molecular complexity index is 716. The van der Waals surface area contributed by atoms with Crippen LogP contribution >= 0.6 is 0 Å². The lowest BCUT2D eigenvalue weighted by atomic mass is 9.95. The van der Waals surface area contributed by atoms with Gasteiger partial charge in [-0.2, -0.15) is 0 Å². The average Bonchev–Trinajstić information content (AvgIpc) is 3.09. The molecule has 2 atom stereocenters. The monoisotopic (exact) mass is 336 g/mol. The summed E-state index contributed by atoms with van der Waals surface area (Å²) in [5, 5.41) is 2.95. The van der Waals surface area contributed by atoms with Gasteiger partial charge in [-0.15, -0.1) is 0 Å². The minimum Gasteiger partial charge on any atom is -0.338 e. The van der Waals surface area contributed by atoms with E-state index in [2.05, 4.69) is 29.6 Å². The van der Waals surface area contributed by atoms with Crippen LogP contribution in [0.2, 0.25) is 0 Å². The van der Waals surface area contributed by atoms with Crippen molar-refractivity contribution in [3.63, 3.8) is 0 Å². The molecule has 1 N–H and O–H groups in total. The lowest BCUT2D eigenvalue weighted by molar-refractivity contribution is 0.210. The fraction of sp³-hybridized carbons (Fsp3) is 0.588. The summed E-state index contributed by atoms with van der Waals surface area (Å²) in [6.45, 7) is 0.889. The first-order valence-corrected chi connectivity index (χ1v) is 10.1. The third kappa shape index (κ3) is 3.37. The van der Waals surface area contributed by atoms with Crippen molar-refractivity contribution in [2.75, 3.05) is 32.1 Å². The van der Waals surface area contributed by atoms with Gasteiger partial charge in [0.2, 0.25) is 0 Å². The summed E-state index contributed by atoms with van der Waals surface area (Å²) in [6.07, 6.45) is 4.63. The van der Waals surface area contributed by atoms with Gasteiger partial charge in [0.15, 0.2) is 0 Å². The van der Waals surface area contributed by atoms with Crippen LogP contribution in [0.1, 0.15) is 24.0 Å². The van der Waals surface area contributed by atoms with Gasteiger partial charge in [-0.3, -0.25) is 0 Å². The molecular formula is C17H24N2O3S. The Balaban J connectivity index is 1.50. The molecule has 0 saturated heterocycles. The van der Waals surface area contributed by atoms with E-state index in [4.69, 9.17) is 0 Å². The van der Waals surface area contributed by atoms with E-state index in [0.717, 1.165) is 12.8 Å². The predicted octanol–water partition coefficient (Wildman–Crippen LogP) is 1.58. The molecule has 0 aromatic heterocycles. The number of nitrogens with zero attached hydrogens (tertiary/aromatic N) is 1.